The van der Waals surface area contributed by atoms with Crippen molar-refractivity contribution in [1.29, 1.82) is 0 Å². The number of imidazole rings is 1. The fourth-order valence-electron chi connectivity index (χ4n) is 1.52. The summed E-state index contributed by atoms with van der Waals surface area (Å²) in [4.78, 5) is 18.8. The van der Waals surface area contributed by atoms with E-state index >= 15 is 0 Å². The second-order valence-corrected chi connectivity index (χ2v) is 4.92. The lowest BCUT2D eigenvalue weighted by molar-refractivity contribution is -0.118. The molecule has 0 saturated heterocycles. The van der Waals surface area contributed by atoms with Crippen LogP contribution in [0.5, 0.6) is 0 Å². The molecule has 0 bridgehead atoms. The van der Waals surface area contributed by atoms with Crippen LogP contribution in [0.15, 0.2) is 17.3 Å². The lowest BCUT2D eigenvalue weighted by Gasteiger charge is -1.97. The maximum atomic E-state index is 11.1. The van der Waals surface area contributed by atoms with Crippen LogP contribution >= 0.6 is 11.8 Å². The number of nitrogens with one attached hydrogen (secondary N) is 2. The number of benzene rings is 1. The molecule has 17 heavy (non-hydrogen) atoms. The first-order chi connectivity index (χ1) is 8.10. The van der Waals surface area contributed by atoms with Crippen LogP contribution in [-0.2, 0) is 4.79 Å². The Kier molecular flexibility index (Phi) is 3.38. The zero-order chi connectivity index (χ0) is 12.4. The summed E-state index contributed by atoms with van der Waals surface area (Å²) in [5, 5.41) is 3.37. The van der Waals surface area contributed by atoms with E-state index in [0.29, 0.717) is 5.75 Å². The van der Waals surface area contributed by atoms with Crippen molar-refractivity contribution in [3.63, 3.8) is 0 Å². The molecule has 2 aromatic rings. The minimum Gasteiger partial charge on any atom is -0.358 e. The molecule has 0 radical (unpaired) electrons. The SMILES string of the molecule is CNC(=O)CSc1nc2cc(C)c(C)cc2[nH]1. The molecule has 0 aliphatic carbocycles. The quantitative estimate of drug-likeness (QED) is 0.818. The van der Waals surface area contributed by atoms with Gasteiger partial charge in [0.2, 0.25) is 5.91 Å². The van der Waals surface area contributed by atoms with Gasteiger partial charge in [-0.3, -0.25) is 4.79 Å². The molecule has 1 heterocycles. The third-order valence-corrected chi connectivity index (χ3v) is 3.57. The van der Waals surface area contributed by atoms with Crippen molar-refractivity contribution in [2.24, 2.45) is 0 Å². The van der Waals surface area contributed by atoms with Crippen molar-refractivity contribution in [3.05, 3.63) is 23.3 Å². The number of hydrogen-bond acceptors (Lipinski definition) is 3. The molecule has 5 heteroatoms. The maximum absolute atomic E-state index is 11.1. The first-order valence-corrected chi connectivity index (χ1v) is 6.39. The predicted molar refractivity (Wildman–Crippen MR) is 70.4 cm³/mol. The summed E-state index contributed by atoms with van der Waals surface area (Å²) >= 11 is 1.41. The summed E-state index contributed by atoms with van der Waals surface area (Å²) in [5.41, 5.74) is 4.44. The molecule has 0 spiro atoms. The zero-order valence-electron chi connectivity index (χ0n) is 10.1. The van der Waals surface area contributed by atoms with Crippen molar-refractivity contribution >= 4 is 28.7 Å². The molecule has 4 nitrogen and oxygen atoms in total. The van der Waals surface area contributed by atoms with Crippen molar-refractivity contribution in [3.8, 4) is 0 Å². The highest BCUT2D eigenvalue weighted by atomic mass is 32.2. The Morgan fingerprint density at radius 1 is 1.41 bits per heavy atom. The van der Waals surface area contributed by atoms with Gasteiger partial charge >= 0.3 is 0 Å². The Labute approximate surface area is 104 Å². The molecule has 0 fully saturated rings. The molecular formula is C12H15N3OS. The molecule has 1 aromatic carbocycles. The summed E-state index contributed by atoms with van der Waals surface area (Å²) in [6.45, 7) is 4.15. The average Bonchev–Trinajstić information content (AvgIpc) is 2.68. The monoisotopic (exact) mass is 249 g/mol. The molecule has 0 saturated carbocycles. The Balaban J connectivity index is 2.23. The molecule has 1 aromatic heterocycles. The van der Waals surface area contributed by atoms with Gasteiger partial charge in [-0.1, -0.05) is 11.8 Å². The largest absolute Gasteiger partial charge is 0.358 e. The van der Waals surface area contributed by atoms with Crippen LogP contribution in [0.1, 0.15) is 11.1 Å². The van der Waals surface area contributed by atoms with Crippen molar-refractivity contribution in [2.75, 3.05) is 12.8 Å². The number of rotatable bonds is 3. The average molecular weight is 249 g/mol. The fraction of sp³-hybridized carbons (Fsp3) is 0.333. The molecule has 0 aliphatic rings. The number of aromatic amines is 1. The molecule has 90 valence electrons. The van der Waals surface area contributed by atoms with E-state index in [-0.39, 0.29) is 5.91 Å². The Hall–Kier alpha value is -1.49. The Morgan fingerprint density at radius 2 is 2.12 bits per heavy atom. The molecule has 0 unspecified atom stereocenters. The number of aromatic nitrogens is 2. The summed E-state index contributed by atoms with van der Waals surface area (Å²) in [6.07, 6.45) is 0. The van der Waals surface area contributed by atoms with Crippen LogP contribution in [0, 0.1) is 13.8 Å². The highest BCUT2D eigenvalue weighted by molar-refractivity contribution is 7.99. The molecule has 2 rings (SSSR count). The van der Waals surface area contributed by atoms with Gasteiger partial charge in [-0.05, 0) is 37.1 Å². The molecule has 0 aliphatic heterocycles. The van der Waals surface area contributed by atoms with Crippen molar-refractivity contribution < 1.29 is 4.79 Å². The minimum atomic E-state index is 0.00261. The highest BCUT2D eigenvalue weighted by Crippen LogP contribution is 2.22. The van der Waals surface area contributed by atoms with Gasteiger partial charge in [0.1, 0.15) is 0 Å². The van der Waals surface area contributed by atoms with Crippen LogP contribution in [0.4, 0.5) is 0 Å². The third kappa shape index (κ3) is 2.61. The highest BCUT2D eigenvalue weighted by Gasteiger charge is 2.07. The van der Waals surface area contributed by atoms with Gasteiger partial charge in [0.25, 0.3) is 0 Å². The molecule has 0 atom stereocenters. The number of amides is 1. The first-order valence-electron chi connectivity index (χ1n) is 5.40. The van der Waals surface area contributed by atoms with Gasteiger partial charge < -0.3 is 10.3 Å². The van der Waals surface area contributed by atoms with Gasteiger partial charge in [0.15, 0.2) is 5.16 Å². The lowest BCUT2D eigenvalue weighted by Crippen LogP contribution is -2.19. The smallest absolute Gasteiger partial charge is 0.230 e. The van der Waals surface area contributed by atoms with Gasteiger partial charge in [0, 0.05) is 7.05 Å². The summed E-state index contributed by atoms with van der Waals surface area (Å²) < 4.78 is 0. The minimum absolute atomic E-state index is 0.00261. The molecule has 2 N–H and O–H groups in total. The van der Waals surface area contributed by atoms with Crippen LogP contribution in [-0.4, -0.2) is 28.7 Å². The number of hydrogen-bond donors (Lipinski definition) is 2. The zero-order valence-corrected chi connectivity index (χ0v) is 10.9. The summed E-state index contributed by atoms with van der Waals surface area (Å²) in [7, 11) is 1.63. The van der Waals surface area contributed by atoms with Crippen LogP contribution < -0.4 is 5.32 Å². The van der Waals surface area contributed by atoms with E-state index in [1.807, 2.05) is 0 Å². The topological polar surface area (TPSA) is 57.8 Å². The molecular weight excluding hydrogens is 234 g/mol. The van der Waals surface area contributed by atoms with E-state index in [1.165, 1.54) is 22.9 Å². The fourth-order valence-corrected chi connectivity index (χ4v) is 2.28. The normalized spacial score (nSPS) is 10.8. The Morgan fingerprint density at radius 3 is 2.82 bits per heavy atom. The number of fused-ring (bicyclic) bond motifs is 1. The van der Waals surface area contributed by atoms with Crippen molar-refractivity contribution in [2.45, 2.75) is 19.0 Å². The third-order valence-electron chi connectivity index (χ3n) is 2.69. The predicted octanol–water partition coefficient (Wildman–Crippen LogP) is 2.02. The van der Waals surface area contributed by atoms with Gasteiger partial charge in [-0.25, -0.2) is 4.98 Å². The summed E-state index contributed by atoms with van der Waals surface area (Å²) in [5.74, 6) is 0.386. The Bertz CT molecular complexity index is 523. The number of carbonyl (C=O) groups excluding carboxylic acids is 1. The molecule has 1 amide bonds. The number of thioether (sulfide) groups is 1. The van der Waals surface area contributed by atoms with E-state index in [4.69, 9.17) is 0 Å². The number of carbonyl (C=O) groups is 1. The van der Waals surface area contributed by atoms with Crippen LogP contribution in [0.2, 0.25) is 0 Å². The van der Waals surface area contributed by atoms with E-state index in [0.717, 1.165) is 16.2 Å². The number of aryl methyl sites for hydroxylation is 2. The van der Waals surface area contributed by atoms with Crippen LogP contribution in [0.25, 0.3) is 11.0 Å². The van der Waals surface area contributed by atoms with Gasteiger partial charge in [-0.2, -0.15) is 0 Å². The van der Waals surface area contributed by atoms with Gasteiger partial charge in [0.05, 0.1) is 16.8 Å². The second kappa shape index (κ2) is 4.79. The van der Waals surface area contributed by atoms with E-state index in [9.17, 15) is 4.79 Å². The lowest BCUT2D eigenvalue weighted by atomic mass is 10.1. The summed E-state index contributed by atoms with van der Waals surface area (Å²) in [6, 6.07) is 4.15. The van der Waals surface area contributed by atoms with E-state index < -0.39 is 0 Å². The number of nitrogens with zero attached hydrogens (tertiary/aromatic N) is 1. The number of H-pyrrole nitrogens is 1. The standard InChI is InChI=1S/C12H15N3OS/c1-7-4-9-10(5-8(7)2)15-12(14-9)17-6-11(16)13-3/h4-5H,6H2,1-3H3,(H,13,16)(H,14,15). The van der Waals surface area contributed by atoms with E-state index in [1.54, 1.807) is 7.05 Å². The second-order valence-electron chi connectivity index (χ2n) is 3.96. The maximum Gasteiger partial charge on any atom is 0.230 e. The first kappa shape index (κ1) is 12.0. The van der Waals surface area contributed by atoms with Gasteiger partial charge in [-0.15, -0.1) is 0 Å². The van der Waals surface area contributed by atoms with E-state index in [2.05, 4.69) is 41.3 Å². The van der Waals surface area contributed by atoms with Crippen molar-refractivity contribution in [1.82, 2.24) is 15.3 Å². The van der Waals surface area contributed by atoms with Crippen LogP contribution in [0.3, 0.4) is 0 Å².